The Balaban J connectivity index is 1.82. The highest BCUT2D eigenvalue weighted by molar-refractivity contribution is 6.47. The molecule has 0 bridgehead atoms. The van der Waals surface area contributed by atoms with E-state index in [0.717, 1.165) is 10.5 Å². The number of anilines is 2. The Morgan fingerprint density at radius 2 is 1.80 bits per heavy atom. The molecule has 4 rings (SSSR count). The van der Waals surface area contributed by atoms with E-state index in [-0.39, 0.29) is 12.3 Å². The largest absolute Gasteiger partial charge is 0.461 e. The zero-order chi connectivity index (χ0) is 21.6. The third-order valence-corrected chi connectivity index (χ3v) is 5.72. The summed E-state index contributed by atoms with van der Waals surface area (Å²) >= 11 is 6.21. The van der Waals surface area contributed by atoms with Gasteiger partial charge in [-0.05, 0) is 50.6 Å². The fraction of sp³-hybridized carbons (Fsp3) is 0.273. The van der Waals surface area contributed by atoms with Crippen LogP contribution in [0.3, 0.4) is 0 Å². The molecule has 8 heteroatoms. The Labute approximate surface area is 178 Å². The molecule has 154 valence electrons. The number of carbonyl (C=O) groups excluding carboxylic acids is 3. The molecule has 7 nitrogen and oxygen atoms in total. The topological polar surface area (TPSA) is 79.3 Å². The summed E-state index contributed by atoms with van der Waals surface area (Å²) in [5, 5.41) is 6.23. The van der Waals surface area contributed by atoms with E-state index < -0.39 is 29.7 Å². The minimum absolute atomic E-state index is 0.0667. The van der Waals surface area contributed by atoms with E-state index in [0.29, 0.717) is 22.0 Å². The van der Waals surface area contributed by atoms with Gasteiger partial charge in [-0.1, -0.05) is 35.4 Å². The molecule has 2 aliphatic heterocycles. The SMILES string of the molecule is CCOC(=O)C1=NN(c2ccc(C)cc2)[C@H]2C(=O)N(c3cccc(Cl)c3C)C(=O)[C@H]12. The molecule has 2 amide bonds. The Morgan fingerprint density at radius 1 is 1.10 bits per heavy atom. The molecule has 2 aliphatic rings. The van der Waals surface area contributed by atoms with E-state index in [9.17, 15) is 14.4 Å². The van der Waals surface area contributed by atoms with Crippen LogP contribution in [0.2, 0.25) is 5.02 Å². The molecule has 0 saturated carbocycles. The lowest BCUT2D eigenvalue weighted by Crippen LogP contribution is -2.39. The molecular formula is C22H20ClN3O4. The zero-order valence-electron chi connectivity index (χ0n) is 16.8. The van der Waals surface area contributed by atoms with Crippen LogP contribution in [-0.2, 0) is 19.1 Å². The van der Waals surface area contributed by atoms with Gasteiger partial charge in [0.1, 0.15) is 12.0 Å². The van der Waals surface area contributed by atoms with Gasteiger partial charge < -0.3 is 4.74 Å². The standard InChI is InChI=1S/C22H20ClN3O4/c1-4-30-22(29)18-17-19(26(24-18)14-10-8-12(2)9-11-14)21(28)25(20(17)27)16-7-5-6-15(23)13(16)3/h5-11,17,19H,4H2,1-3H3/t17-,19-/m1/s1. The number of esters is 1. The number of hydrazone groups is 1. The minimum atomic E-state index is -1.05. The van der Waals surface area contributed by atoms with Gasteiger partial charge in [-0.3, -0.25) is 14.6 Å². The normalized spacial score (nSPS) is 20.5. The third-order valence-electron chi connectivity index (χ3n) is 5.31. The van der Waals surface area contributed by atoms with Crippen LogP contribution in [-0.4, -0.2) is 36.1 Å². The molecule has 0 spiro atoms. The van der Waals surface area contributed by atoms with Crippen LogP contribution >= 0.6 is 11.6 Å². The molecule has 2 aromatic rings. The maximum Gasteiger partial charge on any atom is 0.355 e. The van der Waals surface area contributed by atoms with Gasteiger partial charge in [0.25, 0.3) is 5.91 Å². The van der Waals surface area contributed by atoms with Crippen molar-refractivity contribution in [3.05, 3.63) is 58.6 Å². The number of hydrogen-bond acceptors (Lipinski definition) is 6. The predicted molar refractivity (Wildman–Crippen MR) is 114 cm³/mol. The van der Waals surface area contributed by atoms with Gasteiger partial charge in [0.15, 0.2) is 5.71 Å². The molecule has 2 aromatic carbocycles. The van der Waals surface area contributed by atoms with Gasteiger partial charge in [0, 0.05) is 5.02 Å². The fourth-order valence-corrected chi connectivity index (χ4v) is 3.94. The van der Waals surface area contributed by atoms with Crippen LogP contribution < -0.4 is 9.91 Å². The second-order valence-corrected chi connectivity index (χ2v) is 7.61. The molecular weight excluding hydrogens is 406 g/mol. The van der Waals surface area contributed by atoms with E-state index in [1.807, 2.05) is 19.1 Å². The number of hydrogen-bond donors (Lipinski definition) is 0. The van der Waals surface area contributed by atoms with Gasteiger partial charge in [-0.25, -0.2) is 9.69 Å². The zero-order valence-corrected chi connectivity index (χ0v) is 17.5. The number of halogens is 1. The average molecular weight is 426 g/mol. The third kappa shape index (κ3) is 3.06. The predicted octanol–water partition coefficient (Wildman–Crippen LogP) is 3.25. The molecule has 0 aliphatic carbocycles. The Hall–Kier alpha value is -3.19. The van der Waals surface area contributed by atoms with Crippen molar-refractivity contribution in [1.82, 2.24) is 0 Å². The number of ether oxygens (including phenoxy) is 1. The van der Waals surface area contributed by atoms with Crippen LogP contribution in [0.25, 0.3) is 0 Å². The highest BCUT2D eigenvalue weighted by Crippen LogP contribution is 2.39. The van der Waals surface area contributed by atoms with Gasteiger partial charge in [-0.2, -0.15) is 5.10 Å². The molecule has 2 heterocycles. The van der Waals surface area contributed by atoms with E-state index in [4.69, 9.17) is 16.3 Å². The molecule has 0 N–H and O–H groups in total. The van der Waals surface area contributed by atoms with Crippen molar-refractivity contribution in [2.45, 2.75) is 26.8 Å². The maximum absolute atomic E-state index is 13.4. The summed E-state index contributed by atoms with van der Waals surface area (Å²) in [6.45, 7) is 5.49. The van der Waals surface area contributed by atoms with Crippen molar-refractivity contribution in [3.63, 3.8) is 0 Å². The molecule has 0 radical (unpaired) electrons. The lowest BCUT2D eigenvalue weighted by atomic mass is 9.97. The minimum Gasteiger partial charge on any atom is -0.461 e. The van der Waals surface area contributed by atoms with Crippen LogP contribution in [0.4, 0.5) is 11.4 Å². The summed E-state index contributed by atoms with van der Waals surface area (Å²) in [6.07, 6.45) is 0. The number of benzene rings is 2. The first-order valence-electron chi connectivity index (χ1n) is 9.59. The smallest absolute Gasteiger partial charge is 0.355 e. The van der Waals surface area contributed by atoms with Crippen LogP contribution in [0.5, 0.6) is 0 Å². The number of amides is 2. The highest BCUT2D eigenvalue weighted by atomic mass is 35.5. The van der Waals surface area contributed by atoms with Crippen molar-refractivity contribution >= 4 is 46.5 Å². The Morgan fingerprint density at radius 3 is 2.47 bits per heavy atom. The Bertz CT molecular complexity index is 1080. The lowest BCUT2D eigenvalue weighted by Gasteiger charge is -2.23. The summed E-state index contributed by atoms with van der Waals surface area (Å²) in [7, 11) is 0. The first-order valence-corrected chi connectivity index (χ1v) is 9.97. The highest BCUT2D eigenvalue weighted by Gasteiger charge is 2.59. The number of fused-ring (bicyclic) bond motifs is 1. The van der Waals surface area contributed by atoms with Gasteiger partial charge in [0.05, 0.1) is 18.0 Å². The van der Waals surface area contributed by atoms with Crippen molar-refractivity contribution < 1.29 is 19.1 Å². The summed E-state index contributed by atoms with van der Waals surface area (Å²) < 4.78 is 5.11. The van der Waals surface area contributed by atoms with E-state index in [2.05, 4.69) is 5.10 Å². The Kier molecular flexibility index (Phi) is 5.07. The number of rotatable bonds is 4. The number of aryl methyl sites for hydroxylation is 1. The van der Waals surface area contributed by atoms with E-state index in [1.54, 1.807) is 44.2 Å². The van der Waals surface area contributed by atoms with Gasteiger partial charge in [0.2, 0.25) is 5.91 Å². The monoisotopic (exact) mass is 425 g/mol. The summed E-state index contributed by atoms with van der Waals surface area (Å²) in [5.74, 6) is -2.72. The second kappa shape index (κ2) is 7.57. The van der Waals surface area contributed by atoms with Crippen LogP contribution in [0, 0.1) is 19.8 Å². The number of imide groups is 1. The fourth-order valence-electron chi connectivity index (χ4n) is 3.77. The summed E-state index contributed by atoms with van der Waals surface area (Å²) in [5.41, 5.74) is 2.59. The van der Waals surface area contributed by atoms with Crippen LogP contribution in [0.1, 0.15) is 18.1 Å². The molecule has 0 unspecified atom stereocenters. The summed E-state index contributed by atoms with van der Waals surface area (Å²) in [6, 6.07) is 11.4. The summed E-state index contributed by atoms with van der Waals surface area (Å²) in [4.78, 5) is 40.4. The average Bonchev–Trinajstić information content (AvgIpc) is 3.23. The number of nitrogens with zero attached hydrogens (tertiary/aromatic N) is 3. The second-order valence-electron chi connectivity index (χ2n) is 7.20. The van der Waals surface area contributed by atoms with Crippen molar-refractivity contribution in [1.29, 1.82) is 0 Å². The molecule has 1 saturated heterocycles. The first-order chi connectivity index (χ1) is 14.3. The lowest BCUT2D eigenvalue weighted by molar-refractivity contribution is -0.136. The van der Waals surface area contributed by atoms with Gasteiger partial charge in [-0.15, -0.1) is 0 Å². The quantitative estimate of drug-likeness (QED) is 0.555. The van der Waals surface area contributed by atoms with E-state index >= 15 is 0 Å². The van der Waals surface area contributed by atoms with Gasteiger partial charge >= 0.3 is 5.97 Å². The van der Waals surface area contributed by atoms with Crippen LogP contribution in [0.15, 0.2) is 47.6 Å². The van der Waals surface area contributed by atoms with E-state index in [1.165, 1.54) is 5.01 Å². The molecule has 1 fully saturated rings. The molecule has 0 aromatic heterocycles. The first kappa shape index (κ1) is 20.1. The van der Waals surface area contributed by atoms with Crippen molar-refractivity contribution in [2.24, 2.45) is 11.0 Å². The van der Waals surface area contributed by atoms with Crippen molar-refractivity contribution in [2.75, 3.05) is 16.5 Å². The molecule has 2 atom stereocenters. The maximum atomic E-state index is 13.4. The molecule has 30 heavy (non-hydrogen) atoms. The van der Waals surface area contributed by atoms with Crippen molar-refractivity contribution in [3.8, 4) is 0 Å². The number of carbonyl (C=O) groups is 3.